The molecule has 0 bridgehead atoms. The van der Waals surface area contributed by atoms with Crippen molar-refractivity contribution in [2.75, 3.05) is 43.9 Å². The molecule has 1 aliphatic rings. The first-order valence-electron chi connectivity index (χ1n) is 9.61. The molecule has 2 aromatic heterocycles. The molecule has 0 unspecified atom stereocenters. The maximum Gasteiger partial charge on any atom is 0.228 e. The number of benzene rings is 1. The molecule has 0 amide bonds. The van der Waals surface area contributed by atoms with Gasteiger partial charge in [0.05, 0.1) is 21.6 Å². The molecule has 0 saturated carbocycles. The zero-order valence-electron chi connectivity index (χ0n) is 17.1. The van der Waals surface area contributed by atoms with Crippen LogP contribution >= 0.6 is 11.6 Å². The minimum absolute atomic E-state index is 0.0391. The summed E-state index contributed by atoms with van der Waals surface area (Å²) in [4.78, 5) is 14.0. The number of piperazine rings is 1. The molecule has 1 saturated heterocycles. The van der Waals surface area contributed by atoms with Gasteiger partial charge in [0, 0.05) is 31.7 Å². The SMILES string of the molecule is CN1CCN(c2nc(-c3ccc(F)c(Cl)c3)c3c(N)n(C(C)(C)C)nc3n2)CC1. The van der Waals surface area contributed by atoms with E-state index in [1.807, 2.05) is 20.8 Å². The fourth-order valence-electron chi connectivity index (χ4n) is 3.51. The molecule has 0 spiro atoms. The van der Waals surface area contributed by atoms with Crippen LogP contribution in [0.1, 0.15) is 20.8 Å². The number of likely N-dealkylation sites (N-methyl/N-ethyl adjacent to an activating group) is 1. The molecule has 9 heteroatoms. The Bertz CT molecular complexity index is 1060. The third-order valence-corrected chi connectivity index (χ3v) is 5.46. The fourth-order valence-corrected chi connectivity index (χ4v) is 3.69. The van der Waals surface area contributed by atoms with Crippen molar-refractivity contribution in [2.45, 2.75) is 26.3 Å². The Balaban J connectivity index is 1.94. The number of halogens is 2. The second-order valence-electron chi connectivity index (χ2n) is 8.46. The number of hydrogen-bond acceptors (Lipinski definition) is 6. The van der Waals surface area contributed by atoms with E-state index in [2.05, 4.69) is 21.9 Å². The smallest absolute Gasteiger partial charge is 0.228 e. The zero-order chi connectivity index (χ0) is 20.9. The molecule has 1 fully saturated rings. The van der Waals surface area contributed by atoms with Crippen LogP contribution < -0.4 is 10.6 Å². The van der Waals surface area contributed by atoms with Gasteiger partial charge in [-0.15, -0.1) is 5.10 Å². The summed E-state index contributed by atoms with van der Waals surface area (Å²) < 4.78 is 15.5. The van der Waals surface area contributed by atoms with Crippen molar-refractivity contribution in [2.24, 2.45) is 0 Å². The molecular formula is C20H25ClFN7. The second-order valence-corrected chi connectivity index (χ2v) is 8.87. The van der Waals surface area contributed by atoms with Crippen LogP contribution in [0.25, 0.3) is 22.3 Å². The van der Waals surface area contributed by atoms with E-state index in [0.717, 1.165) is 26.2 Å². The normalized spacial score (nSPS) is 16.0. The summed E-state index contributed by atoms with van der Waals surface area (Å²) in [5.41, 5.74) is 7.96. The minimum atomic E-state index is -0.474. The minimum Gasteiger partial charge on any atom is -0.383 e. The first-order chi connectivity index (χ1) is 13.6. The average Bonchev–Trinajstić information content (AvgIpc) is 3.01. The van der Waals surface area contributed by atoms with E-state index in [0.29, 0.717) is 34.1 Å². The molecule has 0 aliphatic carbocycles. The van der Waals surface area contributed by atoms with E-state index in [-0.39, 0.29) is 10.6 Å². The Hall–Kier alpha value is -2.45. The van der Waals surface area contributed by atoms with Gasteiger partial charge in [0.2, 0.25) is 5.95 Å². The third-order valence-electron chi connectivity index (χ3n) is 5.17. The number of aromatic nitrogens is 4. The molecule has 3 aromatic rings. The Morgan fingerprint density at radius 2 is 1.79 bits per heavy atom. The lowest BCUT2D eigenvalue weighted by molar-refractivity contribution is 0.311. The summed E-state index contributed by atoms with van der Waals surface area (Å²) in [6, 6.07) is 4.57. The summed E-state index contributed by atoms with van der Waals surface area (Å²) in [5.74, 6) is 0.603. The summed E-state index contributed by atoms with van der Waals surface area (Å²) in [6.45, 7) is 9.58. The van der Waals surface area contributed by atoms with Crippen molar-refractivity contribution < 1.29 is 4.39 Å². The number of nitrogens with two attached hydrogens (primary N) is 1. The van der Waals surface area contributed by atoms with Crippen molar-refractivity contribution in [3.05, 3.63) is 29.0 Å². The van der Waals surface area contributed by atoms with Crippen LogP contribution in [-0.4, -0.2) is 57.9 Å². The Labute approximate surface area is 174 Å². The van der Waals surface area contributed by atoms with Crippen LogP contribution in [0.2, 0.25) is 5.02 Å². The lowest BCUT2D eigenvalue weighted by Gasteiger charge is -2.32. The van der Waals surface area contributed by atoms with Crippen LogP contribution in [0.15, 0.2) is 18.2 Å². The van der Waals surface area contributed by atoms with Gasteiger partial charge in [-0.3, -0.25) is 0 Å². The molecule has 29 heavy (non-hydrogen) atoms. The number of nitrogen functional groups attached to an aromatic ring is 1. The van der Waals surface area contributed by atoms with Crippen molar-refractivity contribution in [1.82, 2.24) is 24.6 Å². The van der Waals surface area contributed by atoms with Crippen molar-refractivity contribution in [3.63, 3.8) is 0 Å². The summed E-state index contributed by atoms with van der Waals surface area (Å²) in [6.07, 6.45) is 0. The molecule has 0 radical (unpaired) electrons. The number of rotatable bonds is 2. The van der Waals surface area contributed by atoms with E-state index < -0.39 is 5.82 Å². The number of nitrogens with zero attached hydrogens (tertiary/aromatic N) is 6. The Kier molecular flexibility index (Phi) is 4.86. The number of anilines is 2. The van der Waals surface area contributed by atoms with Crippen molar-refractivity contribution in [1.29, 1.82) is 0 Å². The monoisotopic (exact) mass is 417 g/mol. The van der Waals surface area contributed by atoms with Gasteiger partial charge in [-0.05, 0) is 46.0 Å². The lowest BCUT2D eigenvalue weighted by Crippen LogP contribution is -2.45. The Morgan fingerprint density at radius 1 is 1.10 bits per heavy atom. The van der Waals surface area contributed by atoms with Crippen molar-refractivity contribution in [3.8, 4) is 11.3 Å². The average molecular weight is 418 g/mol. The van der Waals surface area contributed by atoms with Gasteiger partial charge in [-0.25, -0.2) is 14.1 Å². The van der Waals surface area contributed by atoms with Gasteiger partial charge in [0.25, 0.3) is 0 Å². The third kappa shape index (κ3) is 3.62. The van der Waals surface area contributed by atoms with Gasteiger partial charge >= 0.3 is 0 Å². The summed E-state index contributed by atoms with van der Waals surface area (Å²) >= 11 is 6.05. The second kappa shape index (κ2) is 7.11. The van der Waals surface area contributed by atoms with Gasteiger partial charge in [0.1, 0.15) is 11.6 Å². The fraction of sp³-hybridized carbons (Fsp3) is 0.450. The standard InChI is InChI=1S/C20H25ClFN7/c1-20(2,3)29-17(23)15-16(12-5-6-14(22)13(21)11-12)24-19(25-18(15)26-29)28-9-7-27(4)8-10-28/h5-6,11H,7-10,23H2,1-4H3. The molecule has 2 N–H and O–H groups in total. The molecule has 4 rings (SSSR count). The van der Waals surface area contributed by atoms with Crippen LogP contribution in [-0.2, 0) is 5.54 Å². The van der Waals surface area contributed by atoms with Crippen LogP contribution in [0.4, 0.5) is 16.2 Å². The van der Waals surface area contributed by atoms with E-state index in [1.165, 1.54) is 6.07 Å². The molecule has 3 heterocycles. The van der Waals surface area contributed by atoms with Crippen LogP contribution in [0.3, 0.4) is 0 Å². The highest BCUT2D eigenvalue weighted by Gasteiger charge is 2.26. The van der Waals surface area contributed by atoms with E-state index in [1.54, 1.807) is 16.8 Å². The first kappa shape index (κ1) is 19.8. The molecule has 1 aromatic carbocycles. The number of fused-ring (bicyclic) bond motifs is 1. The maximum atomic E-state index is 13.8. The molecule has 7 nitrogen and oxygen atoms in total. The van der Waals surface area contributed by atoms with E-state index in [9.17, 15) is 4.39 Å². The van der Waals surface area contributed by atoms with Crippen molar-refractivity contribution >= 4 is 34.4 Å². The number of hydrogen-bond donors (Lipinski definition) is 1. The highest BCUT2D eigenvalue weighted by molar-refractivity contribution is 6.31. The lowest BCUT2D eigenvalue weighted by atomic mass is 10.1. The molecule has 1 aliphatic heterocycles. The van der Waals surface area contributed by atoms with Gasteiger partial charge in [-0.1, -0.05) is 11.6 Å². The molecule has 0 atom stereocenters. The van der Waals surface area contributed by atoms with E-state index >= 15 is 0 Å². The highest BCUT2D eigenvalue weighted by Crippen LogP contribution is 2.35. The maximum absolute atomic E-state index is 13.8. The van der Waals surface area contributed by atoms with Gasteiger partial charge < -0.3 is 15.5 Å². The van der Waals surface area contributed by atoms with Crippen LogP contribution in [0.5, 0.6) is 0 Å². The predicted octanol–water partition coefficient (Wildman–Crippen LogP) is 3.37. The summed E-state index contributed by atoms with van der Waals surface area (Å²) in [7, 11) is 2.10. The predicted molar refractivity (Wildman–Crippen MR) is 115 cm³/mol. The summed E-state index contributed by atoms with van der Waals surface area (Å²) in [5, 5.41) is 5.37. The highest BCUT2D eigenvalue weighted by atomic mass is 35.5. The topological polar surface area (TPSA) is 76.1 Å². The van der Waals surface area contributed by atoms with Crippen LogP contribution in [0, 0.1) is 5.82 Å². The quantitative estimate of drug-likeness (QED) is 0.688. The first-order valence-corrected chi connectivity index (χ1v) is 9.98. The Morgan fingerprint density at radius 3 is 2.41 bits per heavy atom. The molecule has 154 valence electrons. The zero-order valence-corrected chi connectivity index (χ0v) is 17.8. The van der Waals surface area contributed by atoms with Gasteiger partial charge in [-0.2, -0.15) is 4.98 Å². The largest absolute Gasteiger partial charge is 0.383 e. The van der Waals surface area contributed by atoms with Gasteiger partial charge in [0.15, 0.2) is 5.65 Å². The van der Waals surface area contributed by atoms with E-state index in [4.69, 9.17) is 27.3 Å². The molecular weight excluding hydrogens is 393 g/mol.